The van der Waals surface area contributed by atoms with E-state index in [2.05, 4.69) is 5.32 Å². The first-order valence-corrected chi connectivity index (χ1v) is 8.24. The van der Waals surface area contributed by atoms with Crippen molar-refractivity contribution in [3.63, 3.8) is 0 Å². The number of imide groups is 1. The highest BCUT2D eigenvalue weighted by Gasteiger charge is 2.34. The zero-order chi connectivity index (χ0) is 16.4. The molecular formula is C17H16N2O3S. The first-order chi connectivity index (χ1) is 11.1. The molecule has 3 amide bonds. The van der Waals surface area contributed by atoms with E-state index in [1.165, 1.54) is 0 Å². The second-order valence-corrected chi connectivity index (χ2v) is 6.34. The number of carbonyl (C=O) groups excluding carboxylic acids is 3. The Hall–Kier alpha value is -2.47. The van der Waals surface area contributed by atoms with Crippen molar-refractivity contribution in [2.24, 2.45) is 0 Å². The van der Waals surface area contributed by atoms with Gasteiger partial charge in [0.05, 0.1) is 17.2 Å². The number of benzene rings is 1. The van der Waals surface area contributed by atoms with E-state index >= 15 is 0 Å². The van der Waals surface area contributed by atoms with Crippen molar-refractivity contribution >= 4 is 29.1 Å². The summed E-state index contributed by atoms with van der Waals surface area (Å²) in [4.78, 5) is 38.7. The predicted molar refractivity (Wildman–Crippen MR) is 87.3 cm³/mol. The van der Waals surface area contributed by atoms with Crippen LogP contribution in [0.25, 0.3) is 0 Å². The molecule has 2 heterocycles. The van der Waals surface area contributed by atoms with Gasteiger partial charge in [-0.1, -0.05) is 18.2 Å². The molecule has 1 atom stereocenters. The van der Waals surface area contributed by atoms with Crippen LogP contribution in [-0.4, -0.2) is 29.2 Å². The van der Waals surface area contributed by atoms with Gasteiger partial charge in [0.15, 0.2) is 0 Å². The maximum Gasteiger partial charge on any atom is 0.261 e. The van der Waals surface area contributed by atoms with Crippen molar-refractivity contribution in [3.8, 4) is 0 Å². The normalized spacial score (nSPS) is 14.7. The summed E-state index contributed by atoms with van der Waals surface area (Å²) < 4.78 is 0. The average molecular weight is 328 g/mol. The molecule has 0 saturated heterocycles. The summed E-state index contributed by atoms with van der Waals surface area (Å²) >= 11 is 1.58. The van der Waals surface area contributed by atoms with Crippen LogP contribution in [-0.2, 0) is 4.79 Å². The number of amides is 3. The molecule has 1 aliphatic heterocycles. The van der Waals surface area contributed by atoms with Gasteiger partial charge in [-0.25, -0.2) is 0 Å². The third-order valence-corrected chi connectivity index (χ3v) is 4.84. The highest BCUT2D eigenvalue weighted by Crippen LogP contribution is 2.22. The number of fused-ring (bicyclic) bond motifs is 1. The molecule has 6 heteroatoms. The molecule has 23 heavy (non-hydrogen) atoms. The van der Waals surface area contributed by atoms with Gasteiger partial charge in [0.25, 0.3) is 11.8 Å². The van der Waals surface area contributed by atoms with E-state index < -0.39 is 0 Å². The third-order valence-electron chi connectivity index (χ3n) is 3.79. The molecule has 0 saturated carbocycles. The van der Waals surface area contributed by atoms with Crippen LogP contribution in [0.4, 0.5) is 0 Å². The number of hydrogen-bond donors (Lipinski definition) is 1. The quantitative estimate of drug-likeness (QED) is 0.858. The topological polar surface area (TPSA) is 66.5 Å². The summed E-state index contributed by atoms with van der Waals surface area (Å²) in [5, 5.41) is 4.83. The SMILES string of the molecule is CC(NC(=O)CCN1C(=O)c2ccccc2C1=O)c1cccs1. The zero-order valence-corrected chi connectivity index (χ0v) is 13.4. The number of hydrogen-bond acceptors (Lipinski definition) is 4. The van der Waals surface area contributed by atoms with E-state index in [4.69, 9.17) is 0 Å². The molecule has 0 fully saturated rings. The lowest BCUT2D eigenvalue weighted by Gasteiger charge is -2.15. The van der Waals surface area contributed by atoms with Crippen LogP contribution in [0.15, 0.2) is 41.8 Å². The highest BCUT2D eigenvalue weighted by molar-refractivity contribution is 7.10. The molecule has 2 aromatic rings. The smallest absolute Gasteiger partial charge is 0.261 e. The van der Waals surface area contributed by atoms with Crippen LogP contribution in [0.2, 0.25) is 0 Å². The van der Waals surface area contributed by atoms with E-state index in [0.717, 1.165) is 9.78 Å². The van der Waals surface area contributed by atoms with Crippen LogP contribution in [0.3, 0.4) is 0 Å². The molecular weight excluding hydrogens is 312 g/mol. The molecule has 0 spiro atoms. The van der Waals surface area contributed by atoms with Gasteiger partial charge in [-0.05, 0) is 30.5 Å². The van der Waals surface area contributed by atoms with E-state index in [1.54, 1.807) is 35.6 Å². The average Bonchev–Trinajstić information content (AvgIpc) is 3.15. The Morgan fingerprint density at radius 3 is 2.35 bits per heavy atom. The molecule has 5 nitrogen and oxygen atoms in total. The fourth-order valence-corrected chi connectivity index (χ4v) is 3.31. The van der Waals surface area contributed by atoms with Gasteiger partial charge in [-0.2, -0.15) is 0 Å². The molecule has 1 aliphatic rings. The maximum atomic E-state index is 12.2. The van der Waals surface area contributed by atoms with Crippen molar-refractivity contribution in [1.82, 2.24) is 10.2 Å². The summed E-state index contributed by atoms with van der Waals surface area (Å²) in [6.45, 7) is 2.00. The van der Waals surface area contributed by atoms with Crippen LogP contribution >= 0.6 is 11.3 Å². The summed E-state index contributed by atoms with van der Waals surface area (Å²) in [5.74, 6) is -0.836. The lowest BCUT2D eigenvalue weighted by Crippen LogP contribution is -2.35. The van der Waals surface area contributed by atoms with E-state index in [-0.39, 0.29) is 36.7 Å². The van der Waals surface area contributed by atoms with Gasteiger partial charge in [0.1, 0.15) is 0 Å². The molecule has 0 bridgehead atoms. The van der Waals surface area contributed by atoms with E-state index in [0.29, 0.717) is 11.1 Å². The van der Waals surface area contributed by atoms with Gasteiger partial charge in [0.2, 0.25) is 5.91 Å². The van der Waals surface area contributed by atoms with Crippen molar-refractivity contribution in [3.05, 3.63) is 57.8 Å². The number of thiophene rings is 1. The molecule has 118 valence electrons. The molecule has 1 unspecified atom stereocenters. The molecule has 3 rings (SSSR count). The van der Waals surface area contributed by atoms with Gasteiger partial charge in [0, 0.05) is 17.8 Å². The molecule has 0 radical (unpaired) electrons. The first-order valence-electron chi connectivity index (χ1n) is 7.36. The molecule has 1 aromatic carbocycles. The standard InChI is InChI=1S/C17H16N2O3S/c1-11(14-7-4-10-23-14)18-15(20)8-9-19-16(21)12-5-2-3-6-13(12)17(19)22/h2-7,10-11H,8-9H2,1H3,(H,18,20). The Bertz CT molecular complexity index is 720. The van der Waals surface area contributed by atoms with Crippen LogP contribution in [0.1, 0.15) is 45.0 Å². The Morgan fingerprint density at radius 1 is 1.13 bits per heavy atom. The highest BCUT2D eigenvalue weighted by atomic mass is 32.1. The minimum absolute atomic E-state index is 0.0790. The maximum absolute atomic E-state index is 12.2. The van der Waals surface area contributed by atoms with Gasteiger partial charge < -0.3 is 5.32 Å². The Morgan fingerprint density at radius 2 is 1.78 bits per heavy atom. The fourth-order valence-electron chi connectivity index (χ4n) is 2.58. The van der Waals surface area contributed by atoms with Crippen LogP contribution in [0.5, 0.6) is 0 Å². The molecule has 0 aliphatic carbocycles. The largest absolute Gasteiger partial charge is 0.349 e. The fraction of sp³-hybridized carbons (Fsp3) is 0.235. The Labute approximate surface area is 137 Å². The van der Waals surface area contributed by atoms with Gasteiger partial charge >= 0.3 is 0 Å². The van der Waals surface area contributed by atoms with Crippen LogP contribution in [0, 0.1) is 0 Å². The summed E-state index contributed by atoms with van der Waals surface area (Å²) in [6, 6.07) is 10.5. The van der Waals surface area contributed by atoms with Crippen molar-refractivity contribution < 1.29 is 14.4 Å². The van der Waals surface area contributed by atoms with E-state index in [1.807, 2.05) is 24.4 Å². The van der Waals surface area contributed by atoms with Crippen LogP contribution < -0.4 is 5.32 Å². The minimum atomic E-state index is -0.329. The minimum Gasteiger partial charge on any atom is -0.349 e. The monoisotopic (exact) mass is 328 g/mol. The van der Waals surface area contributed by atoms with Crippen molar-refractivity contribution in [2.75, 3.05) is 6.54 Å². The Kier molecular flexibility index (Phi) is 4.25. The second-order valence-electron chi connectivity index (χ2n) is 5.36. The zero-order valence-electron chi connectivity index (χ0n) is 12.6. The predicted octanol–water partition coefficient (Wildman–Crippen LogP) is 2.61. The molecule has 1 aromatic heterocycles. The Balaban J connectivity index is 1.58. The number of rotatable bonds is 5. The number of nitrogens with one attached hydrogen (secondary N) is 1. The van der Waals surface area contributed by atoms with Gasteiger partial charge in [-0.3, -0.25) is 19.3 Å². The first kappa shape index (κ1) is 15.4. The number of carbonyl (C=O) groups is 3. The third kappa shape index (κ3) is 3.03. The van der Waals surface area contributed by atoms with Crippen molar-refractivity contribution in [2.45, 2.75) is 19.4 Å². The number of nitrogens with zero attached hydrogens (tertiary/aromatic N) is 1. The van der Waals surface area contributed by atoms with E-state index in [9.17, 15) is 14.4 Å². The van der Waals surface area contributed by atoms with Gasteiger partial charge in [-0.15, -0.1) is 11.3 Å². The summed E-state index contributed by atoms with van der Waals surface area (Å²) in [7, 11) is 0. The molecule has 1 N–H and O–H groups in total. The lowest BCUT2D eigenvalue weighted by molar-refractivity contribution is -0.121. The summed E-state index contributed by atoms with van der Waals surface area (Å²) in [5.41, 5.74) is 0.815. The second kappa shape index (κ2) is 6.34. The summed E-state index contributed by atoms with van der Waals surface area (Å²) in [6.07, 6.45) is 0.0984. The van der Waals surface area contributed by atoms with Crippen molar-refractivity contribution in [1.29, 1.82) is 0 Å². The lowest BCUT2D eigenvalue weighted by atomic mass is 10.1.